The zero-order valence-electron chi connectivity index (χ0n) is 22.2. The van der Waals surface area contributed by atoms with Crippen LogP contribution >= 0.6 is 0 Å². The molecule has 10 heteroatoms. The first-order chi connectivity index (χ1) is 19.5. The summed E-state index contributed by atoms with van der Waals surface area (Å²) in [6.07, 6.45) is 3.48. The summed E-state index contributed by atoms with van der Waals surface area (Å²) < 4.78 is 35.0. The van der Waals surface area contributed by atoms with E-state index in [9.17, 15) is 9.18 Å². The summed E-state index contributed by atoms with van der Waals surface area (Å²) in [5.74, 6) is -0.755. The van der Waals surface area contributed by atoms with E-state index in [4.69, 9.17) is 9.72 Å². The highest BCUT2D eigenvalue weighted by molar-refractivity contribution is 5.98. The normalized spacial score (nSPS) is 15.9. The zero-order valence-corrected chi connectivity index (χ0v) is 22.2. The van der Waals surface area contributed by atoms with Crippen molar-refractivity contribution in [2.75, 3.05) is 67.6 Å². The maximum atomic E-state index is 15.2. The van der Waals surface area contributed by atoms with Crippen molar-refractivity contribution in [1.29, 1.82) is 0 Å². The summed E-state index contributed by atoms with van der Waals surface area (Å²) in [6, 6.07) is 13.3. The molecular formula is C30H30F2N6O2. The van der Waals surface area contributed by atoms with Crippen LogP contribution in [0, 0.1) is 18.6 Å². The topological polar surface area (TPSA) is 73.8 Å². The molecular weight excluding hydrogens is 514 g/mol. The third-order valence-electron chi connectivity index (χ3n) is 7.48. The Morgan fingerprint density at radius 1 is 0.925 bits per heavy atom. The molecule has 40 heavy (non-hydrogen) atoms. The molecule has 1 N–H and O–H groups in total. The smallest absolute Gasteiger partial charge is 0.253 e. The minimum Gasteiger partial charge on any atom is -0.378 e. The molecule has 2 aliphatic heterocycles. The molecule has 0 atom stereocenters. The largest absolute Gasteiger partial charge is 0.378 e. The zero-order chi connectivity index (χ0) is 27.6. The number of aromatic nitrogens is 2. The minimum atomic E-state index is -0.687. The van der Waals surface area contributed by atoms with E-state index in [0.717, 1.165) is 30.4 Å². The number of carbonyl (C=O) groups is 1. The van der Waals surface area contributed by atoms with Crippen LogP contribution in [0.2, 0.25) is 0 Å². The van der Waals surface area contributed by atoms with Gasteiger partial charge in [-0.25, -0.2) is 13.8 Å². The van der Waals surface area contributed by atoms with Gasteiger partial charge in [0.25, 0.3) is 5.91 Å². The highest BCUT2D eigenvalue weighted by atomic mass is 19.1. The number of anilines is 4. The SMILES string of the molecule is Cc1c(N2CCN(C(=O)c3ccccc3)CC2)nc2cc(F)cc(F)c2c1Nc1cncc(N2CCOCC2)c1. The van der Waals surface area contributed by atoms with Crippen LogP contribution < -0.4 is 15.1 Å². The number of hydrogen-bond donors (Lipinski definition) is 1. The van der Waals surface area contributed by atoms with Gasteiger partial charge in [0.15, 0.2) is 0 Å². The lowest BCUT2D eigenvalue weighted by atomic mass is 10.1. The Balaban J connectivity index is 1.31. The van der Waals surface area contributed by atoms with Crippen LogP contribution in [0.1, 0.15) is 15.9 Å². The lowest BCUT2D eigenvalue weighted by Gasteiger charge is -2.36. The molecule has 0 saturated carbocycles. The fourth-order valence-electron chi connectivity index (χ4n) is 5.38. The van der Waals surface area contributed by atoms with Gasteiger partial charge in [0, 0.05) is 62.5 Å². The number of rotatable bonds is 5. The summed E-state index contributed by atoms with van der Waals surface area (Å²) in [4.78, 5) is 28.1. The van der Waals surface area contributed by atoms with E-state index in [2.05, 4.69) is 20.1 Å². The van der Waals surface area contributed by atoms with Crippen LogP contribution in [0.3, 0.4) is 0 Å². The molecule has 206 valence electrons. The summed E-state index contributed by atoms with van der Waals surface area (Å²) in [7, 11) is 0. The number of benzene rings is 2. The average molecular weight is 545 g/mol. The van der Waals surface area contributed by atoms with Crippen LogP contribution in [-0.2, 0) is 4.74 Å². The number of hydrogen-bond acceptors (Lipinski definition) is 7. The summed E-state index contributed by atoms with van der Waals surface area (Å²) >= 11 is 0. The molecule has 1 amide bonds. The molecule has 4 aromatic rings. The lowest BCUT2D eigenvalue weighted by molar-refractivity contribution is 0.0746. The number of amides is 1. The number of fused-ring (bicyclic) bond motifs is 1. The number of carbonyl (C=O) groups excluding carboxylic acids is 1. The molecule has 2 saturated heterocycles. The molecule has 2 aromatic carbocycles. The monoisotopic (exact) mass is 544 g/mol. The van der Waals surface area contributed by atoms with Crippen molar-refractivity contribution in [3.63, 3.8) is 0 Å². The summed E-state index contributed by atoms with van der Waals surface area (Å²) in [5.41, 5.74) is 3.75. The molecule has 0 spiro atoms. The second-order valence-corrected chi connectivity index (χ2v) is 10.0. The van der Waals surface area contributed by atoms with E-state index in [-0.39, 0.29) is 16.8 Å². The van der Waals surface area contributed by atoms with E-state index in [0.29, 0.717) is 62.1 Å². The summed E-state index contributed by atoms with van der Waals surface area (Å²) in [5, 5.41) is 3.59. The second kappa shape index (κ2) is 11.1. The molecule has 6 rings (SSSR count). The highest BCUT2D eigenvalue weighted by Gasteiger charge is 2.26. The van der Waals surface area contributed by atoms with Gasteiger partial charge in [-0.2, -0.15) is 0 Å². The third kappa shape index (κ3) is 5.14. The molecule has 2 aromatic heterocycles. The Hall–Kier alpha value is -4.31. The van der Waals surface area contributed by atoms with Gasteiger partial charge in [0.1, 0.15) is 17.5 Å². The number of piperazine rings is 1. The first-order valence-corrected chi connectivity index (χ1v) is 13.4. The average Bonchev–Trinajstić information content (AvgIpc) is 2.99. The molecule has 0 radical (unpaired) electrons. The van der Waals surface area contributed by atoms with Crippen LogP contribution in [0.25, 0.3) is 10.9 Å². The van der Waals surface area contributed by atoms with Crippen molar-refractivity contribution in [3.05, 3.63) is 83.7 Å². The Morgan fingerprint density at radius 3 is 2.42 bits per heavy atom. The van der Waals surface area contributed by atoms with E-state index >= 15 is 4.39 Å². The number of nitrogens with one attached hydrogen (secondary N) is 1. The lowest BCUT2D eigenvalue weighted by Crippen LogP contribution is -2.49. The molecule has 2 aliphatic rings. The first-order valence-electron chi connectivity index (χ1n) is 13.4. The van der Waals surface area contributed by atoms with E-state index in [1.807, 2.05) is 48.2 Å². The predicted octanol–water partition coefficient (Wildman–Crippen LogP) is 4.76. The van der Waals surface area contributed by atoms with Crippen LogP contribution in [-0.4, -0.2) is 73.3 Å². The number of pyridine rings is 2. The van der Waals surface area contributed by atoms with Crippen molar-refractivity contribution in [1.82, 2.24) is 14.9 Å². The molecule has 0 unspecified atom stereocenters. The molecule has 2 fully saturated rings. The maximum absolute atomic E-state index is 15.2. The highest BCUT2D eigenvalue weighted by Crippen LogP contribution is 2.37. The minimum absolute atomic E-state index is 0.0115. The fraction of sp³-hybridized carbons (Fsp3) is 0.300. The Labute approximate surface area is 231 Å². The van der Waals surface area contributed by atoms with Crippen molar-refractivity contribution < 1.29 is 18.3 Å². The number of morpholine rings is 1. The molecule has 0 bridgehead atoms. The number of nitrogens with zero attached hydrogens (tertiary/aromatic N) is 5. The van der Waals surface area contributed by atoms with E-state index in [1.165, 1.54) is 6.07 Å². The first kappa shape index (κ1) is 25.9. The standard InChI is InChI=1S/C30H30F2N6O2/c1-20-28(34-23-17-24(19-33-18-23)36-11-13-40-14-12-36)27-25(32)15-22(31)16-26(27)35-29(20)37-7-9-38(10-8-37)30(39)21-5-3-2-4-6-21/h2-6,15-19H,7-14H2,1H3,(H,34,35). The van der Waals surface area contributed by atoms with Crippen LogP contribution in [0.4, 0.5) is 31.7 Å². The van der Waals surface area contributed by atoms with E-state index < -0.39 is 11.6 Å². The molecule has 8 nitrogen and oxygen atoms in total. The Morgan fingerprint density at radius 2 is 1.68 bits per heavy atom. The van der Waals surface area contributed by atoms with Gasteiger partial charge in [-0.1, -0.05) is 18.2 Å². The van der Waals surface area contributed by atoms with Crippen molar-refractivity contribution in [2.45, 2.75) is 6.92 Å². The van der Waals surface area contributed by atoms with Gasteiger partial charge >= 0.3 is 0 Å². The van der Waals surface area contributed by atoms with Crippen LogP contribution in [0.5, 0.6) is 0 Å². The van der Waals surface area contributed by atoms with Crippen LogP contribution in [0.15, 0.2) is 60.9 Å². The molecule has 4 heterocycles. The second-order valence-electron chi connectivity index (χ2n) is 10.0. The van der Waals surface area contributed by atoms with E-state index in [1.54, 1.807) is 12.4 Å². The third-order valence-corrected chi connectivity index (χ3v) is 7.48. The van der Waals surface area contributed by atoms with Crippen molar-refractivity contribution in [2.24, 2.45) is 0 Å². The van der Waals surface area contributed by atoms with Gasteiger partial charge in [0.05, 0.1) is 53.6 Å². The Bertz CT molecular complexity index is 1540. The number of halogens is 2. The predicted molar refractivity (Wildman–Crippen MR) is 152 cm³/mol. The Kier molecular flexibility index (Phi) is 7.17. The van der Waals surface area contributed by atoms with Crippen molar-refractivity contribution >= 4 is 39.7 Å². The number of ether oxygens (including phenoxy) is 1. The van der Waals surface area contributed by atoms with Gasteiger partial charge in [-0.05, 0) is 25.1 Å². The van der Waals surface area contributed by atoms with Gasteiger partial charge in [-0.3, -0.25) is 9.78 Å². The van der Waals surface area contributed by atoms with Gasteiger partial charge < -0.3 is 24.8 Å². The van der Waals surface area contributed by atoms with Gasteiger partial charge in [-0.15, -0.1) is 0 Å². The fourth-order valence-corrected chi connectivity index (χ4v) is 5.38. The maximum Gasteiger partial charge on any atom is 0.253 e. The van der Waals surface area contributed by atoms with Gasteiger partial charge in [0.2, 0.25) is 0 Å². The molecule has 0 aliphatic carbocycles. The summed E-state index contributed by atoms with van der Waals surface area (Å²) in [6.45, 7) is 6.82. The quantitative estimate of drug-likeness (QED) is 0.389. The van der Waals surface area contributed by atoms with Crippen molar-refractivity contribution in [3.8, 4) is 0 Å².